The molecule has 0 aromatic heterocycles. The van der Waals surface area contributed by atoms with Crippen LogP contribution in [0.1, 0.15) is 0 Å². The monoisotopic (exact) mass is 235 g/mol. The number of hydrogen-bond acceptors (Lipinski definition) is 5. The Labute approximate surface area is 121 Å². The molecule has 2 atom stereocenters. The van der Waals surface area contributed by atoms with Crippen LogP contribution in [0.5, 0.6) is 0 Å². The second-order valence-electron chi connectivity index (χ2n) is 1.35. The van der Waals surface area contributed by atoms with Crippen molar-refractivity contribution >= 4 is 50.2 Å². The Balaban J connectivity index is -0.000000405. The van der Waals surface area contributed by atoms with Crippen LogP contribution in [0.25, 0.3) is 0 Å². The molecule has 0 rings (SSSR count). The summed E-state index contributed by atoms with van der Waals surface area (Å²) in [6, 6.07) is 0. The maximum Gasteiger partial charge on any atom is 1.00 e. The summed E-state index contributed by atoms with van der Waals surface area (Å²) in [6.45, 7) is 0.0330. The fourth-order valence-electron chi connectivity index (χ4n) is 0.213. The third-order valence-electron chi connectivity index (χ3n) is 0.581. The topological polar surface area (TPSA) is 71.0 Å². The Morgan fingerprint density at radius 2 is 2.17 bits per heavy atom. The van der Waals surface area contributed by atoms with E-state index in [1.807, 2.05) is 0 Å². The maximum absolute atomic E-state index is 9.16. The van der Waals surface area contributed by atoms with E-state index in [4.69, 9.17) is 22.0 Å². The molecule has 0 aliphatic rings. The van der Waals surface area contributed by atoms with Gasteiger partial charge < -0.3 is 14.9 Å². The Bertz CT molecular complexity index is 81.7. The van der Waals surface area contributed by atoms with E-state index in [1.54, 1.807) is 0 Å². The van der Waals surface area contributed by atoms with Gasteiger partial charge >= 0.3 is 29.6 Å². The fourth-order valence-corrected chi connectivity index (χ4v) is 0.638. The Morgan fingerprint density at radius 3 is 2.58 bits per heavy atom. The summed E-state index contributed by atoms with van der Waals surface area (Å²) in [7, 11) is -0.525. The minimum Gasteiger partial charge on any atom is -0.692 e. The van der Waals surface area contributed by atoms with Gasteiger partial charge in [0.2, 0.25) is 0 Å². The average molecular weight is 235 g/mol. The third kappa shape index (κ3) is 15.0. The number of aliphatic hydroxyl groups is 1. The smallest absolute Gasteiger partial charge is 0.692 e. The zero-order valence-electron chi connectivity index (χ0n) is 6.95. The molecule has 1 N–H and O–H groups in total. The van der Waals surface area contributed by atoms with Gasteiger partial charge in [-0.1, -0.05) is 0 Å². The molecule has 0 aromatic rings. The summed E-state index contributed by atoms with van der Waals surface area (Å²) in [5.74, 6) is 0.0860. The van der Waals surface area contributed by atoms with E-state index in [9.17, 15) is 0 Å². The van der Waals surface area contributed by atoms with E-state index in [0.717, 1.165) is 0 Å². The van der Waals surface area contributed by atoms with Crippen LogP contribution in [-0.2, 0) is 14.2 Å². The van der Waals surface area contributed by atoms with Gasteiger partial charge in [0.1, 0.15) is 0 Å². The molecule has 0 saturated carbocycles. The van der Waals surface area contributed by atoms with Crippen molar-refractivity contribution in [1.29, 1.82) is 0 Å². The molecule has 5 nitrogen and oxygen atoms in total. The summed E-state index contributed by atoms with van der Waals surface area (Å²) in [5, 5.41) is 20.9. The first-order chi connectivity index (χ1) is 4.81. The zero-order chi connectivity index (χ0) is 7.82. The predicted molar refractivity (Wildman–Crippen MR) is 38.9 cm³/mol. The number of alkyl halides is 1. The van der Waals surface area contributed by atoms with Crippen molar-refractivity contribution in [1.82, 2.24) is 0 Å². The van der Waals surface area contributed by atoms with E-state index in [0.29, 0.717) is 0 Å². The standard InChI is InChI=1S/C3H8ClO5P.2Na/c4-1-3(5)2-7-10-9-8-6;;/h3,5-6,10H,1-2H2;;/q;;+1/p-1. The normalized spacial score (nSPS) is 12.2. The number of rotatable bonds is 6. The van der Waals surface area contributed by atoms with Crippen LogP contribution in [-0.4, -0.2) is 53.3 Å². The molecular weight excluding hydrogens is 228 g/mol. The van der Waals surface area contributed by atoms with Gasteiger partial charge in [0.25, 0.3) is 0 Å². The first-order valence-electron chi connectivity index (χ1n) is 2.37. The Morgan fingerprint density at radius 1 is 1.58 bits per heavy atom. The van der Waals surface area contributed by atoms with Crippen LogP contribution < -0.4 is 34.8 Å². The van der Waals surface area contributed by atoms with Crippen LogP contribution in [0.4, 0.5) is 0 Å². The first-order valence-corrected chi connectivity index (χ1v) is 3.72. The molecule has 0 heterocycles. The molecule has 9 heteroatoms. The summed E-state index contributed by atoms with van der Waals surface area (Å²) >= 11 is 5.20. The number of aliphatic hydroxyl groups excluding tert-OH is 1. The van der Waals surface area contributed by atoms with Crippen molar-refractivity contribution < 1.29 is 54.2 Å². The molecule has 0 spiro atoms. The van der Waals surface area contributed by atoms with Gasteiger partial charge in [0.15, 0.2) is 9.03 Å². The zero-order valence-corrected chi connectivity index (χ0v) is 12.7. The van der Waals surface area contributed by atoms with Crippen molar-refractivity contribution in [2.24, 2.45) is 0 Å². The molecule has 0 saturated heterocycles. The Hall–Kier alpha value is 2.52. The minimum atomic E-state index is -0.732. The van der Waals surface area contributed by atoms with Gasteiger partial charge in [-0.05, 0) is 0 Å². The second kappa shape index (κ2) is 16.0. The minimum absolute atomic E-state index is 0. The SMILES string of the molecule is [Na+].[Na].[O-]OOPOCC(O)CCl. The van der Waals surface area contributed by atoms with E-state index in [-0.39, 0.29) is 71.6 Å². The molecule has 1 radical (unpaired) electrons. The summed E-state index contributed by atoms with van der Waals surface area (Å²) in [6.07, 6.45) is -0.732. The van der Waals surface area contributed by atoms with Gasteiger partial charge in [-0.2, -0.15) is 4.67 Å². The van der Waals surface area contributed by atoms with Crippen molar-refractivity contribution in [3.63, 3.8) is 0 Å². The largest absolute Gasteiger partial charge is 1.00 e. The molecule has 63 valence electrons. The number of hydrogen-bond donors (Lipinski definition) is 1. The molecule has 12 heavy (non-hydrogen) atoms. The van der Waals surface area contributed by atoms with Crippen LogP contribution in [0.3, 0.4) is 0 Å². The average Bonchev–Trinajstić information content (AvgIpc) is 1.98. The van der Waals surface area contributed by atoms with E-state index in [2.05, 4.69) is 14.2 Å². The van der Waals surface area contributed by atoms with E-state index in [1.165, 1.54) is 0 Å². The van der Waals surface area contributed by atoms with Gasteiger partial charge in [-0.25, -0.2) is 0 Å². The van der Waals surface area contributed by atoms with Gasteiger partial charge in [0, 0.05) is 29.6 Å². The van der Waals surface area contributed by atoms with Crippen molar-refractivity contribution in [2.75, 3.05) is 12.5 Å². The van der Waals surface area contributed by atoms with Crippen LogP contribution in [0, 0.1) is 0 Å². The van der Waals surface area contributed by atoms with Crippen molar-refractivity contribution in [3.05, 3.63) is 0 Å². The first kappa shape index (κ1) is 20.0. The van der Waals surface area contributed by atoms with Crippen LogP contribution in [0.15, 0.2) is 0 Å². The molecule has 2 unspecified atom stereocenters. The van der Waals surface area contributed by atoms with Crippen molar-refractivity contribution in [2.45, 2.75) is 6.10 Å². The molecule has 0 aliphatic carbocycles. The van der Waals surface area contributed by atoms with Gasteiger partial charge in [-0.15, -0.1) is 11.6 Å². The predicted octanol–water partition coefficient (Wildman–Crippen LogP) is -4.04. The number of halogens is 1. The van der Waals surface area contributed by atoms with Gasteiger partial charge in [-0.3, -0.25) is 5.04 Å². The van der Waals surface area contributed by atoms with Gasteiger partial charge in [0.05, 0.1) is 18.6 Å². The quantitative estimate of drug-likeness (QED) is 0.127. The van der Waals surface area contributed by atoms with E-state index < -0.39 is 15.1 Å². The van der Waals surface area contributed by atoms with Crippen LogP contribution in [0.2, 0.25) is 0 Å². The fraction of sp³-hybridized carbons (Fsp3) is 1.00. The molecule has 0 aromatic carbocycles. The third-order valence-corrected chi connectivity index (χ3v) is 1.36. The van der Waals surface area contributed by atoms with Crippen LogP contribution >= 0.6 is 20.6 Å². The summed E-state index contributed by atoms with van der Waals surface area (Å²) in [5.41, 5.74) is 0. The van der Waals surface area contributed by atoms with E-state index >= 15 is 0 Å². The summed E-state index contributed by atoms with van der Waals surface area (Å²) < 4.78 is 8.40. The maximum atomic E-state index is 9.16. The molecule has 0 amide bonds. The molecular formula is C3H7ClNa2O5P. The second-order valence-corrected chi connectivity index (χ2v) is 2.28. The summed E-state index contributed by atoms with van der Waals surface area (Å²) in [4.78, 5) is 0. The Kier molecular flexibility index (Phi) is 26.6. The molecule has 0 aliphatic heterocycles. The molecule has 0 fully saturated rings. The molecule has 0 bridgehead atoms. The van der Waals surface area contributed by atoms with Crippen molar-refractivity contribution in [3.8, 4) is 0 Å².